The molecule has 0 saturated carbocycles. The lowest BCUT2D eigenvalue weighted by molar-refractivity contribution is -0.143. The molecule has 0 spiro atoms. The molecule has 0 amide bonds. The third kappa shape index (κ3) is 33.2. The molecule has 0 fully saturated rings. The number of esters is 1. The molecule has 2 nitrogen and oxygen atoms in total. The van der Waals surface area contributed by atoms with Crippen LogP contribution in [0.4, 0.5) is 0 Å². The van der Waals surface area contributed by atoms with Crippen molar-refractivity contribution in [3.63, 3.8) is 0 Å². The molecule has 0 radical (unpaired) electrons. The largest absolute Gasteiger partial charge is 0.466 e. The monoisotopic (exact) mass is 521 g/mol. The van der Waals surface area contributed by atoms with Gasteiger partial charge in [-0.3, -0.25) is 4.79 Å². The second kappa shape index (κ2) is 33.2. The Labute approximate surface area is 234 Å². The normalized spacial score (nSPS) is 11.5. The molecule has 0 bridgehead atoms. The third-order valence-corrected chi connectivity index (χ3v) is 7.67. The predicted molar refractivity (Wildman–Crippen MR) is 165 cm³/mol. The van der Waals surface area contributed by atoms with Gasteiger partial charge in [0.15, 0.2) is 0 Å². The average Bonchev–Trinajstić information content (AvgIpc) is 2.90. The highest BCUT2D eigenvalue weighted by atomic mass is 16.5. The van der Waals surface area contributed by atoms with Crippen molar-refractivity contribution in [3.8, 4) is 0 Å². The molecule has 0 rings (SSSR count). The van der Waals surface area contributed by atoms with Gasteiger partial charge in [0.25, 0.3) is 0 Å². The number of rotatable bonds is 31. The van der Waals surface area contributed by atoms with Gasteiger partial charge in [0.2, 0.25) is 0 Å². The Hall–Kier alpha value is -0.790. The van der Waals surface area contributed by atoms with Gasteiger partial charge in [-0.15, -0.1) is 0 Å². The van der Waals surface area contributed by atoms with Crippen molar-refractivity contribution in [2.24, 2.45) is 0 Å². The van der Waals surface area contributed by atoms with E-state index in [9.17, 15) is 4.79 Å². The Kier molecular flexibility index (Phi) is 32.5. The van der Waals surface area contributed by atoms with Crippen molar-refractivity contribution in [1.82, 2.24) is 0 Å². The maximum atomic E-state index is 11.8. The van der Waals surface area contributed by atoms with E-state index in [0.29, 0.717) is 13.0 Å². The summed E-state index contributed by atoms with van der Waals surface area (Å²) >= 11 is 0. The van der Waals surface area contributed by atoms with Crippen LogP contribution in [0.5, 0.6) is 0 Å². The molecule has 0 aliphatic rings. The zero-order valence-corrected chi connectivity index (χ0v) is 25.7. The summed E-state index contributed by atoms with van der Waals surface area (Å²) in [6.07, 6.45) is 43.0. The first-order chi connectivity index (χ1) is 18.3. The molecule has 0 atom stereocenters. The fourth-order valence-electron chi connectivity index (χ4n) is 5.14. The Morgan fingerprint density at radius 3 is 1.22 bits per heavy atom. The van der Waals surface area contributed by atoms with Crippen molar-refractivity contribution in [2.45, 2.75) is 200 Å². The molecule has 220 valence electrons. The second-order valence-corrected chi connectivity index (χ2v) is 11.5. The fourth-order valence-corrected chi connectivity index (χ4v) is 5.14. The molecule has 0 aromatic heterocycles. The van der Waals surface area contributed by atoms with E-state index in [1.807, 2.05) is 0 Å². The fraction of sp³-hybridized carbons (Fsp3) is 0.914. The van der Waals surface area contributed by atoms with Gasteiger partial charge >= 0.3 is 5.97 Å². The standard InChI is InChI=1S/C35H68O2/c1-3-5-7-9-11-12-13-14-15-16-17-18-19-20-21-22-23-24-25-26-27-28-29-31-33-35(36)37-34-32-30-10-8-6-4-2/h6,8H,3-5,7,9-34H2,1-2H3/b8-6+. The minimum Gasteiger partial charge on any atom is -0.466 e. The van der Waals surface area contributed by atoms with Crippen LogP contribution >= 0.6 is 0 Å². The SMILES string of the molecule is CC/C=C/CCCCOC(=O)CCCCCCCCCCCCCCCCCCCCCCCCCC. The highest BCUT2D eigenvalue weighted by Crippen LogP contribution is 2.16. The predicted octanol–water partition coefficient (Wildman–Crippen LogP) is 12.4. The Bertz CT molecular complexity index is 456. The first-order valence-corrected chi connectivity index (χ1v) is 17.1. The van der Waals surface area contributed by atoms with Gasteiger partial charge in [0, 0.05) is 6.42 Å². The van der Waals surface area contributed by atoms with Crippen LogP contribution in [0.1, 0.15) is 200 Å². The van der Waals surface area contributed by atoms with Crippen molar-refractivity contribution in [1.29, 1.82) is 0 Å². The van der Waals surface area contributed by atoms with Crippen LogP contribution in [0.2, 0.25) is 0 Å². The zero-order chi connectivity index (χ0) is 26.9. The van der Waals surface area contributed by atoms with E-state index >= 15 is 0 Å². The van der Waals surface area contributed by atoms with Gasteiger partial charge in [-0.25, -0.2) is 0 Å². The number of ether oxygens (including phenoxy) is 1. The van der Waals surface area contributed by atoms with E-state index in [4.69, 9.17) is 4.74 Å². The minimum atomic E-state index is 0.00269. The highest BCUT2D eigenvalue weighted by molar-refractivity contribution is 5.69. The van der Waals surface area contributed by atoms with E-state index in [-0.39, 0.29) is 5.97 Å². The van der Waals surface area contributed by atoms with Gasteiger partial charge in [-0.05, 0) is 32.1 Å². The quantitative estimate of drug-likeness (QED) is 0.0516. The van der Waals surface area contributed by atoms with Gasteiger partial charge in [-0.2, -0.15) is 0 Å². The molecule has 2 heteroatoms. The van der Waals surface area contributed by atoms with Crippen molar-refractivity contribution in [2.75, 3.05) is 6.61 Å². The zero-order valence-electron chi connectivity index (χ0n) is 25.7. The molecular weight excluding hydrogens is 452 g/mol. The van der Waals surface area contributed by atoms with Crippen molar-refractivity contribution >= 4 is 5.97 Å². The van der Waals surface area contributed by atoms with E-state index in [1.54, 1.807) is 0 Å². The van der Waals surface area contributed by atoms with Gasteiger partial charge in [0.1, 0.15) is 0 Å². The van der Waals surface area contributed by atoms with E-state index in [0.717, 1.165) is 32.1 Å². The van der Waals surface area contributed by atoms with Crippen LogP contribution in [0, 0.1) is 0 Å². The van der Waals surface area contributed by atoms with Crippen LogP contribution in [0.3, 0.4) is 0 Å². The number of hydrogen-bond donors (Lipinski definition) is 0. The number of carbonyl (C=O) groups excluding carboxylic acids is 1. The Morgan fingerprint density at radius 1 is 0.459 bits per heavy atom. The smallest absolute Gasteiger partial charge is 0.305 e. The van der Waals surface area contributed by atoms with Crippen LogP contribution in [-0.2, 0) is 9.53 Å². The molecule has 0 unspecified atom stereocenters. The van der Waals surface area contributed by atoms with E-state index in [2.05, 4.69) is 26.0 Å². The lowest BCUT2D eigenvalue weighted by atomic mass is 10.0. The maximum Gasteiger partial charge on any atom is 0.305 e. The summed E-state index contributed by atoms with van der Waals surface area (Å²) in [6.45, 7) is 5.05. The molecule has 0 aromatic carbocycles. The van der Waals surface area contributed by atoms with Crippen LogP contribution < -0.4 is 0 Å². The first-order valence-electron chi connectivity index (χ1n) is 17.1. The van der Waals surface area contributed by atoms with Crippen LogP contribution in [0.15, 0.2) is 12.2 Å². The van der Waals surface area contributed by atoms with Crippen molar-refractivity contribution in [3.05, 3.63) is 12.2 Å². The molecule has 0 aromatic rings. The molecular formula is C35H68O2. The van der Waals surface area contributed by atoms with Crippen molar-refractivity contribution < 1.29 is 9.53 Å². The summed E-state index contributed by atoms with van der Waals surface area (Å²) in [6, 6.07) is 0. The molecule has 0 N–H and O–H groups in total. The third-order valence-electron chi connectivity index (χ3n) is 7.67. The highest BCUT2D eigenvalue weighted by Gasteiger charge is 2.02. The van der Waals surface area contributed by atoms with E-state index in [1.165, 1.54) is 148 Å². The second-order valence-electron chi connectivity index (χ2n) is 11.5. The molecule has 0 saturated heterocycles. The molecule has 0 heterocycles. The average molecular weight is 521 g/mol. The number of unbranched alkanes of at least 4 members (excludes halogenated alkanes) is 25. The Morgan fingerprint density at radius 2 is 0.838 bits per heavy atom. The van der Waals surface area contributed by atoms with Crippen LogP contribution in [-0.4, -0.2) is 12.6 Å². The van der Waals surface area contributed by atoms with Gasteiger partial charge < -0.3 is 4.74 Å². The maximum absolute atomic E-state index is 11.8. The summed E-state index contributed by atoms with van der Waals surface area (Å²) in [4.78, 5) is 11.8. The first kappa shape index (κ1) is 36.2. The molecule has 0 aliphatic carbocycles. The lowest BCUT2D eigenvalue weighted by Gasteiger charge is -2.05. The van der Waals surface area contributed by atoms with Gasteiger partial charge in [-0.1, -0.05) is 174 Å². The number of allylic oxidation sites excluding steroid dienone is 2. The van der Waals surface area contributed by atoms with Crippen LogP contribution in [0.25, 0.3) is 0 Å². The molecule has 0 aliphatic heterocycles. The Balaban J connectivity index is 3.11. The lowest BCUT2D eigenvalue weighted by Crippen LogP contribution is -2.05. The topological polar surface area (TPSA) is 26.3 Å². The summed E-state index contributed by atoms with van der Waals surface area (Å²) in [5, 5.41) is 0. The summed E-state index contributed by atoms with van der Waals surface area (Å²) < 4.78 is 5.34. The minimum absolute atomic E-state index is 0.00269. The number of carbonyl (C=O) groups is 1. The summed E-state index contributed by atoms with van der Waals surface area (Å²) in [5.74, 6) is 0.00269. The number of hydrogen-bond acceptors (Lipinski definition) is 2. The van der Waals surface area contributed by atoms with Gasteiger partial charge in [0.05, 0.1) is 6.61 Å². The van der Waals surface area contributed by atoms with E-state index < -0.39 is 0 Å². The molecule has 37 heavy (non-hydrogen) atoms. The summed E-state index contributed by atoms with van der Waals surface area (Å²) in [7, 11) is 0. The summed E-state index contributed by atoms with van der Waals surface area (Å²) in [5.41, 5.74) is 0.